The number of nitrogens with one attached hydrogen (secondary N) is 1. The Hall–Kier alpha value is -2.38. The number of carbonyl (C=O) groups is 1. The lowest BCUT2D eigenvalue weighted by atomic mass is 9.91. The molecule has 0 saturated carbocycles. The van der Waals surface area contributed by atoms with Crippen LogP contribution in [0.4, 0.5) is 0 Å². The second kappa shape index (κ2) is 11.0. The monoisotopic (exact) mass is 445 g/mol. The summed E-state index contributed by atoms with van der Waals surface area (Å²) < 4.78 is 3.52. The minimum Gasteiger partial charge on any atom is -0.342 e. The summed E-state index contributed by atoms with van der Waals surface area (Å²) >= 11 is 0. The first-order valence-corrected chi connectivity index (χ1v) is 12.4. The second-order valence-corrected chi connectivity index (χ2v) is 9.57. The lowest BCUT2D eigenvalue weighted by Gasteiger charge is -2.35. The van der Waals surface area contributed by atoms with Crippen molar-refractivity contribution in [2.24, 2.45) is 11.8 Å². The minimum absolute atomic E-state index is 0.146. The molecule has 2 atom stereocenters. The molecule has 0 radical (unpaired) electrons. The Labute approximate surface area is 190 Å². The van der Waals surface area contributed by atoms with Gasteiger partial charge in [-0.05, 0) is 31.1 Å². The van der Waals surface area contributed by atoms with Gasteiger partial charge in [-0.25, -0.2) is 9.78 Å². The summed E-state index contributed by atoms with van der Waals surface area (Å²) in [6.45, 7) is 11.4. The van der Waals surface area contributed by atoms with E-state index in [1.165, 1.54) is 0 Å². The first kappa shape index (κ1) is 24.3. The Kier molecular flexibility index (Phi) is 8.32. The third-order valence-corrected chi connectivity index (χ3v) is 6.47. The summed E-state index contributed by atoms with van der Waals surface area (Å²) in [7, 11) is 0. The molecule has 1 N–H and O–H groups in total. The maximum Gasteiger partial charge on any atom is 0.330 e. The largest absolute Gasteiger partial charge is 0.342 e. The van der Waals surface area contributed by atoms with Crippen molar-refractivity contribution in [2.75, 3.05) is 13.1 Å². The van der Waals surface area contributed by atoms with Crippen molar-refractivity contribution < 1.29 is 4.79 Å². The lowest BCUT2D eigenvalue weighted by molar-refractivity contribution is -0.133. The molecule has 0 aliphatic carbocycles. The van der Waals surface area contributed by atoms with E-state index < -0.39 is 11.2 Å². The Balaban J connectivity index is 1.91. The highest BCUT2D eigenvalue weighted by Gasteiger charge is 2.26. The van der Waals surface area contributed by atoms with E-state index in [2.05, 4.69) is 32.7 Å². The van der Waals surface area contributed by atoms with Gasteiger partial charge in [0.15, 0.2) is 11.2 Å². The predicted molar refractivity (Wildman–Crippen MR) is 127 cm³/mol. The number of unbranched alkanes of at least 4 members (excludes halogenated alkanes) is 3. The highest BCUT2D eigenvalue weighted by atomic mass is 16.2. The molecule has 178 valence electrons. The topological polar surface area (TPSA) is 93.0 Å². The SMILES string of the molecule is CCCCCn1c(CCC(=O)N2CC(C)CC(C)C2)nc2c1c(=O)[nH]c(=O)n2CCCC. The quantitative estimate of drug-likeness (QED) is 0.568. The zero-order chi connectivity index (χ0) is 23.3. The zero-order valence-corrected chi connectivity index (χ0v) is 20.2. The number of amides is 1. The number of imidazole rings is 1. The van der Waals surface area contributed by atoms with E-state index in [-0.39, 0.29) is 5.91 Å². The van der Waals surface area contributed by atoms with Crippen molar-refractivity contribution in [3.05, 3.63) is 26.7 Å². The van der Waals surface area contributed by atoms with Crippen LogP contribution in [0.3, 0.4) is 0 Å². The van der Waals surface area contributed by atoms with Crippen molar-refractivity contribution in [1.29, 1.82) is 0 Å². The van der Waals surface area contributed by atoms with Crippen LogP contribution < -0.4 is 11.2 Å². The van der Waals surface area contributed by atoms with Crippen LogP contribution in [0, 0.1) is 11.8 Å². The number of nitrogens with zero attached hydrogens (tertiary/aromatic N) is 4. The minimum atomic E-state index is -0.409. The molecule has 2 unspecified atom stereocenters. The molecule has 32 heavy (non-hydrogen) atoms. The van der Waals surface area contributed by atoms with Crippen LogP contribution in [-0.4, -0.2) is 43.0 Å². The molecule has 0 spiro atoms. The number of rotatable bonds is 10. The molecule has 3 heterocycles. The van der Waals surface area contributed by atoms with E-state index in [0.29, 0.717) is 48.9 Å². The van der Waals surface area contributed by atoms with E-state index in [9.17, 15) is 14.4 Å². The van der Waals surface area contributed by atoms with Gasteiger partial charge in [0.25, 0.3) is 5.56 Å². The van der Waals surface area contributed by atoms with Crippen molar-refractivity contribution in [3.63, 3.8) is 0 Å². The Morgan fingerprint density at radius 3 is 2.31 bits per heavy atom. The van der Waals surface area contributed by atoms with Crippen molar-refractivity contribution in [3.8, 4) is 0 Å². The van der Waals surface area contributed by atoms with Crippen LogP contribution in [-0.2, 0) is 24.3 Å². The van der Waals surface area contributed by atoms with Crippen LogP contribution in [0.2, 0.25) is 0 Å². The van der Waals surface area contributed by atoms with Gasteiger partial charge in [0.2, 0.25) is 5.91 Å². The highest BCUT2D eigenvalue weighted by molar-refractivity contribution is 5.77. The van der Waals surface area contributed by atoms with Gasteiger partial charge in [0.1, 0.15) is 5.82 Å². The molecule has 0 bridgehead atoms. The average molecular weight is 446 g/mol. The smallest absolute Gasteiger partial charge is 0.330 e. The summed E-state index contributed by atoms with van der Waals surface area (Å²) in [5.74, 6) is 1.91. The number of aromatic nitrogens is 4. The molecule has 1 saturated heterocycles. The zero-order valence-electron chi connectivity index (χ0n) is 20.2. The van der Waals surface area contributed by atoms with E-state index in [0.717, 1.165) is 57.4 Å². The first-order chi connectivity index (χ1) is 15.3. The summed E-state index contributed by atoms with van der Waals surface area (Å²) in [6.07, 6.45) is 6.83. The molecule has 8 heteroatoms. The van der Waals surface area contributed by atoms with Gasteiger partial charge in [-0.1, -0.05) is 47.0 Å². The maximum absolute atomic E-state index is 12.9. The number of likely N-dealkylation sites (tertiary alicyclic amines) is 1. The molecule has 1 aliphatic heterocycles. The van der Waals surface area contributed by atoms with Gasteiger partial charge in [0, 0.05) is 39.0 Å². The van der Waals surface area contributed by atoms with Crippen molar-refractivity contribution in [1.82, 2.24) is 24.0 Å². The molecular formula is C24H39N5O3. The lowest BCUT2D eigenvalue weighted by Crippen LogP contribution is -2.42. The third-order valence-electron chi connectivity index (χ3n) is 6.47. The summed E-state index contributed by atoms with van der Waals surface area (Å²) in [4.78, 5) is 47.4. The molecule has 1 aliphatic rings. The van der Waals surface area contributed by atoms with Gasteiger partial charge in [-0.2, -0.15) is 0 Å². The number of hydrogen-bond acceptors (Lipinski definition) is 4. The van der Waals surface area contributed by atoms with Crippen LogP contribution in [0.5, 0.6) is 0 Å². The van der Waals surface area contributed by atoms with Gasteiger partial charge in [-0.15, -0.1) is 0 Å². The van der Waals surface area contributed by atoms with Crippen LogP contribution in [0.15, 0.2) is 9.59 Å². The van der Waals surface area contributed by atoms with Gasteiger partial charge < -0.3 is 9.47 Å². The van der Waals surface area contributed by atoms with Crippen LogP contribution >= 0.6 is 0 Å². The van der Waals surface area contributed by atoms with E-state index in [1.54, 1.807) is 4.57 Å². The first-order valence-electron chi connectivity index (χ1n) is 12.4. The van der Waals surface area contributed by atoms with Crippen LogP contribution in [0.25, 0.3) is 11.2 Å². The fourth-order valence-electron chi connectivity index (χ4n) is 4.94. The number of aryl methyl sites for hydroxylation is 3. The number of piperidine rings is 1. The Morgan fingerprint density at radius 2 is 1.66 bits per heavy atom. The van der Waals surface area contributed by atoms with Crippen LogP contribution in [0.1, 0.15) is 78.5 Å². The van der Waals surface area contributed by atoms with Gasteiger partial charge in [0.05, 0.1) is 0 Å². The number of carbonyl (C=O) groups excluding carboxylic acids is 1. The second-order valence-electron chi connectivity index (χ2n) is 9.57. The molecular weight excluding hydrogens is 406 g/mol. The summed E-state index contributed by atoms with van der Waals surface area (Å²) in [5, 5.41) is 0. The normalized spacial score (nSPS) is 19.1. The van der Waals surface area contributed by atoms with Crippen molar-refractivity contribution >= 4 is 17.1 Å². The summed E-state index contributed by atoms with van der Waals surface area (Å²) in [5.41, 5.74) is 0.108. The molecule has 1 amide bonds. The van der Waals surface area contributed by atoms with Gasteiger partial charge >= 0.3 is 5.69 Å². The van der Waals surface area contributed by atoms with E-state index >= 15 is 0 Å². The average Bonchev–Trinajstić information content (AvgIpc) is 3.10. The number of hydrogen-bond donors (Lipinski definition) is 1. The molecule has 2 aromatic rings. The number of H-pyrrole nitrogens is 1. The highest BCUT2D eigenvalue weighted by Crippen LogP contribution is 2.22. The van der Waals surface area contributed by atoms with Crippen molar-refractivity contribution in [2.45, 2.75) is 92.2 Å². The van der Waals surface area contributed by atoms with E-state index in [1.807, 2.05) is 9.47 Å². The van der Waals surface area contributed by atoms with Gasteiger partial charge in [-0.3, -0.25) is 19.1 Å². The predicted octanol–water partition coefficient (Wildman–Crippen LogP) is 3.31. The molecule has 0 aromatic carbocycles. The fraction of sp³-hybridized carbons (Fsp3) is 0.750. The maximum atomic E-state index is 12.9. The standard InChI is InChI=1S/C24H39N5O3/c1-5-7-9-13-28-19(10-11-20(30)27-15-17(3)14-18(4)16-27)25-22-21(28)23(31)26-24(32)29(22)12-8-6-2/h17-18H,5-16H2,1-4H3,(H,26,31,32). The molecule has 2 aromatic heterocycles. The fourth-order valence-corrected chi connectivity index (χ4v) is 4.94. The molecule has 1 fully saturated rings. The Morgan fingerprint density at radius 1 is 1.00 bits per heavy atom. The summed E-state index contributed by atoms with van der Waals surface area (Å²) in [6, 6.07) is 0. The Bertz CT molecular complexity index is 1020. The molecule has 3 rings (SSSR count). The molecule has 8 nitrogen and oxygen atoms in total. The third kappa shape index (κ3) is 5.51. The van der Waals surface area contributed by atoms with E-state index in [4.69, 9.17) is 4.98 Å². The number of fused-ring (bicyclic) bond motifs is 1. The number of aromatic amines is 1.